The van der Waals surface area contributed by atoms with E-state index in [1.54, 1.807) is 0 Å². The topological polar surface area (TPSA) is 23.5 Å². The molecule has 2 heteroatoms. The van der Waals surface area contributed by atoms with Crippen LogP contribution in [0.3, 0.4) is 0 Å². The van der Waals surface area contributed by atoms with E-state index >= 15 is 0 Å². The first-order valence-electron chi connectivity index (χ1n) is 7.57. The zero-order chi connectivity index (χ0) is 13.9. The molecule has 1 N–H and O–H groups in total. The van der Waals surface area contributed by atoms with Crippen LogP contribution in [0.4, 0.5) is 0 Å². The van der Waals surface area contributed by atoms with Crippen LogP contribution in [0.15, 0.2) is 24.3 Å². The Bertz CT molecular complexity index is 407. The lowest BCUT2D eigenvalue weighted by atomic mass is 9.88. The maximum Gasteiger partial charge on any atom is 0.0968 e. The van der Waals surface area contributed by atoms with Crippen molar-refractivity contribution >= 4 is 0 Å². The van der Waals surface area contributed by atoms with Crippen molar-refractivity contribution in [2.24, 2.45) is 0 Å². The summed E-state index contributed by atoms with van der Waals surface area (Å²) >= 11 is 0. The highest BCUT2D eigenvalue weighted by Gasteiger charge is 2.36. The Labute approximate surface area is 117 Å². The second-order valence-electron chi connectivity index (χ2n) is 6.25. The number of aliphatic hydroxyl groups is 1. The summed E-state index contributed by atoms with van der Waals surface area (Å²) in [6, 6.07) is 8.46. The molecule has 0 aromatic heterocycles. The Morgan fingerprint density at radius 3 is 2.58 bits per heavy atom. The second-order valence-corrected chi connectivity index (χ2v) is 6.25. The molecule has 0 bridgehead atoms. The summed E-state index contributed by atoms with van der Waals surface area (Å²) in [6.07, 6.45) is 4.33. The molecule has 1 aliphatic rings. The van der Waals surface area contributed by atoms with Crippen LogP contribution < -0.4 is 0 Å². The van der Waals surface area contributed by atoms with Crippen LogP contribution in [0, 0.1) is 0 Å². The molecule has 0 radical (unpaired) electrons. The van der Waals surface area contributed by atoms with Gasteiger partial charge in [0.25, 0.3) is 0 Å². The highest BCUT2D eigenvalue weighted by molar-refractivity contribution is 5.27. The predicted octanol–water partition coefficient (Wildman–Crippen LogP) is 3.55. The van der Waals surface area contributed by atoms with Crippen LogP contribution >= 0.6 is 0 Å². The van der Waals surface area contributed by atoms with Crippen LogP contribution in [-0.2, 0) is 6.42 Å². The van der Waals surface area contributed by atoms with Gasteiger partial charge in [-0.1, -0.05) is 37.6 Å². The van der Waals surface area contributed by atoms with Crippen molar-refractivity contribution in [2.45, 2.75) is 58.1 Å². The van der Waals surface area contributed by atoms with E-state index in [0.717, 1.165) is 31.5 Å². The molecule has 1 heterocycles. The molecule has 1 fully saturated rings. The Morgan fingerprint density at radius 1 is 1.26 bits per heavy atom. The predicted molar refractivity (Wildman–Crippen MR) is 80.3 cm³/mol. The Kier molecular flexibility index (Phi) is 4.64. The van der Waals surface area contributed by atoms with Gasteiger partial charge in [0.15, 0.2) is 0 Å². The lowest BCUT2D eigenvalue weighted by Gasteiger charge is -2.39. The number of rotatable bonds is 5. The smallest absolute Gasteiger partial charge is 0.0968 e. The Morgan fingerprint density at radius 2 is 1.95 bits per heavy atom. The fourth-order valence-electron chi connectivity index (χ4n) is 3.08. The standard InChI is InChI=1S/C17H27NO/c1-4-8-14-9-7-10-15(13-14)16(19)17(2,3)18-11-5-6-12-18/h7,9-10,13,16,19H,4-6,8,11-12H2,1-3H3. The van der Waals surface area contributed by atoms with Gasteiger partial charge < -0.3 is 5.11 Å². The van der Waals surface area contributed by atoms with E-state index < -0.39 is 6.10 Å². The normalized spacial score (nSPS) is 18.7. The van der Waals surface area contributed by atoms with Gasteiger partial charge >= 0.3 is 0 Å². The SMILES string of the molecule is CCCc1cccc(C(O)C(C)(C)N2CCCC2)c1. The second kappa shape index (κ2) is 6.06. The number of aliphatic hydroxyl groups excluding tert-OH is 1. The van der Waals surface area contributed by atoms with Gasteiger partial charge in [0.1, 0.15) is 0 Å². The maximum atomic E-state index is 10.8. The zero-order valence-electron chi connectivity index (χ0n) is 12.5. The summed E-state index contributed by atoms with van der Waals surface area (Å²) in [5.74, 6) is 0. The minimum absolute atomic E-state index is 0.179. The van der Waals surface area contributed by atoms with E-state index in [9.17, 15) is 5.11 Å². The molecule has 1 aromatic rings. The number of benzene rings is 1. The lowest BCUT2D eigenvalue weighted by molar-refractivity contribution is 0.00129. The van der Waals surface area contributed by atoms with Crippen molar-refractivity contribution in [3.8, 4) is 0 Å². The third-order valence-electron chi connectivity index (χ3n) is 4.40. The minimum atomic E-state index is -0.414. The van der Waals surface area contributed by atoms with E-state index in [0.29, 0.717) is 0 Å². The molecule has 1 unspecified atom stereocenters. The van der Waals surface area contributed by atoms with E-state index in [2.05, 4.69) is 49.9 Å². The summed E-state index contributed by atoms with van der Waals surface area (Å²) < 4.78 is 0. The number of hydrogen-bond acceptors (Lipinski definition) is 2. The highest BCUT2D eigenvalue weighted by atomic mass is 16.3. The molecule has 106 valence electrons. The van der Waals surface area contributed by atoms with E-state index in [1.807, 2.05) is 0 Å². The first kappa shape index (κ1) is 14.5. The van der Waals surface area contributed by atoms with Crippen molar-refractivity contribution in [3.63, 3.8) is 0 Å². The van der Waals surface area contributed by atoms with Gasteiger partial charge in [-0.2, -0.15) is 0 Å². The molecular formula is C17H27NO. The molecule has 0 saturated carbocycles. The lowest BCUT2D eigenvalue weighted by Crippen LogP contribution is -2.46. The van der Waals surface area contributed by atoms with Crippen LogP contribution in [0.5, 0.6) is 0 Å². The number of hydrogen-bond donors (Lipinski definition) is 1. The summed E-state index contributed by atoms with van der Waals surface area (Å²) in [5.41, 5.74) is 2.21. The van der Waals surface area contributed by atoms with E-state index in [1.165, 1.54) is 18.4 Å². The summed E-state index contributed by atoms with van der Waals surface area (Å²) in [4.78, 5) is 2.42. The van der Waals surface area contributed by atoms with Crippen LogP contribution in [-0.4, -0.2) is 28.6 Å². The van der Waals surface area contributed by atoms with Gasteiger partial charge in [0, 0.05) is 5.54 Å². The Balaban J connectivity index is 2.17. The van der Waals surface area contributed by atoms with Gasteiger partial charge in [-0.3, -0.25) is 4.90 Å². The summed E-state index contributed by atoms with van der Waals surface area (Å²) in [5, 5.41) is 10.8. The maximum absolute atomic E-state index is 10.8. The summed E-state index contributed by atoms with van der Waals surface area (Å²) in [7, 11) is 0. The zero-order valence-corrected chi connectivity index (χ0v) is 12.5. The van der Waals surface area contributed by atoms with E-state index in [4.69, 9.17) is 0 Å². The van der Waals surface area contributed by atoms with E-state index in [-0.39, 0.29) is 5.54 Å². The average molecular weight is 261 g/mol. The number of nitrogens with zero attached hydrogens (tertiary/aromatic N) is 1. The molecule has 1 saturated heterocycles. The molecule has 1 aromatic carbocycles. The molecule has 0 amide bonds. The van der Waals surface area contributed by atoms with Crippen molar-refractivity contribution < 1.29 is 5.11 Å². The van der Waals surface area contributed by atoms with Crippen LogP contribution in [0.2, 0.25) is 0 Å². The molecular weight excluding hydrogens is 234 g/mol. The number of likely N-dealkylation sites (tertiary alicyclic amines) is 1. The van der Waals surface area contributed by atoms with Crippen molar-refractivity contribution in [3.05, 3.63) is 35.4 Å². The fourth-order valence-corrected chi connectivity index (χ4v) is 3.08. The number of aryl methyl sites for hydroxylation is 1. The molecule has 19 heavy (non-hydrogen) atoms. The average Bonchev–Trinajstić information content (AvgIpc) is 2.93. The van der Waals surface area contributed by atoms with Gasteiger partial charge in [0.05, 0.1) is 6.10 Å². The first-order chi connectivity index (χ1) is 9.05. The van der Waals surface area contributed by atoms with Gasteiger partial charge in [-0.15, -0.1) is 0 Å². The first-order valence-corrected chi connectivity index (χ1v) is 7.57. The van der Waals surface area contributed by atoms with Gasteiger partial charge in [-0.25, -0.2) is 0 Å². The van der Waals surface area contributed by atoms with Crippen LogP contribution in [0.1, 0.15) is 57.3 Å². The molecule has 2 nitrogen and oxygen atoms in total. The Hall–Kier alpha value is -0.860. The third kappa shape index (κ3) is 3.18. The minimum Gasteiger partial charge on any atom is -0.386 e. The monoisotopic (exact) mass is 261 g/mol. The molecule has 1 atom stereocenters. The van der Waals surface area contributed by atoms with Crippen molar-refractivity contribution in [1.82, 2.24) is 4.90 Å². The molecule has 0 spiro atoms. The van der Waals surface area contributed by atoms with Crippen molar-refractivity contribution in [1.29, 1.82) is 0 Å². The molecule has 1 aliphatic heterocycles. The van der Waals surface area contributed by atoms with Crippen LogP contribution in [0.25, 0.3) is 0 Å². The third-order valence-corrected chi connectivity index (χ3v) is 4.40. The van der Waals surface area contributed by atoms with Crippen molar-refractivity contribution in [2.75, 3.05) is 13.1 Å². The fraction of sp³-hybridized carbons (Fsp3) is 0.647. The summed E-state index contributed by atoms with van der Waals surface area (Å²) in [6.45, 7) is 8.74. The highest BCUT2D eigenvalue weighted by Crippen LogP contribution is 2.33. The van der Waals surface area contributed by atoms with Gasteiger partial charge in [-0.05, 0) is 57.3 Å². The quantitative estimate of drug-likeness (QED) is 0.876. The molecule has 0 aliphatic carbocycles. The molecule has 2 rings (SSSR count). The van der Waals surface area contributed by atoms with Gasteiger partial charge in [0.2, 0.25) is 0 Å². The largest absolute Gasteiger partial charge is 0.386 e.